The molecule has 1 aromatic carbocycles. The van der Waals surface area contributed by atoms with Crippen molar-refractivity contribution in [2.45, 2.75) is 11.4 Å². The zero-order valence-corrected chi connectivity index (χ0v) is 16.7. The Morgan fingerprint density at radius 1 is 0.862 bits per heavy atom. The molecule has 1 N–H and O–H groups in total. The first-order chi connectivity index (χ1) is 14.1. The molecule has 1 saturated heterocycles. The normalized spacial score (nSPS) is 15.2. The summed E-state index contributed by atoms with van der Waals surface area (Å²) in [6, 6.07) is 12.6. The Kier molecular flexibility index (Phi) is 5.68. The molecule has 0 atom stereocenters. The van der Waals surface area contributed by atoms with E-state index in [9.17, 15) is 8.42 Å². The number of pyridine rings is 1. The molecule has 0 spiro atoms. The quantitative estimate of drug-likeness (QED) is 0.664. The van der Waals surface area contributed by atoms with Gasteiger partial charge in [0, 0.05) is 57.0 Å². The molecule has 0 radical (unpaired) electrons. The summed E-state index contributed by atoms with van der Waals surface area (Å²) >= 11 is 0. The number of rotatable bonds is 6. The average Bonchev–Trinajstić information content (AvgIpc) is 2.76. The molecule has 0 saturated carbocycles. The van der Waals surface area contributed by atoms with Crippen LogP contribution in [0.15, 0.2) is 72.3 Å². The molecular weight excluding hydrogens is 388 g/mol. The van der Waals surface area contributed by atoms with Gasteiger partial charge in [0.2, 0.25) is 0 Å². The minimum Gasteiger partial charge on any atom is -0.369 e. The van der Waals surface area contributed by atoms with Gasteiger partial charge in [0.1, 0.15) is 12.1 Å². The summed E-state index contributed by atoms with van der Waals surface area (Å²) in [4.78, 5) is 16.6. The summed E-state index contributed by atoms with van der Waals surface area (Å²) in [6.07, 6.45) is 6.43. The Labute approximate surface area is 170 Å². The highest BCUT2D eigenvalue weighted by molar-refractivity contribution is 7.92. The average molecular weight is 411 g/mol. The van der Waals surface area contributed by atoms with E-state index in [2.05, 4.69) is 29.5 Å². The molecule has 3 aromatic rings. The summed E-state index contributed by atoms with van der Waals surface area (Å²) in [5.74, 6) is 0.245. The third kappa shape index (κ3) is 4.87. The maximum Gasteiger partial charge on any atom is 0.263 e. The highest BCUT2D eigenvalue weighted by atomic mass is 32.2. The molecule has 8 nitrogen and oxygen atoms in total. The molecule has 29 heavy (non-hydrogen) atoms. The van der Waals surface area contributed by atoms with Crippen LogP contribution < -0.4 is 9.62 Å². The van der Waals surface area contributed by atoms with Crippen molar-refractivity contribution in [1.29, 1.82) is 0 Å². The van der Waals surface area contributed by atoms with E-state index in [1.54, 1.807) is 12.1 Å². The second-order valence-corrected chi connectivity index (χ2v) is 8.50. The number of nitrogens with zero attached hydrogens (tertiary/aromatic N) is 5. The molecule has 1 fully saturated rings. The van der Waals surface area contributed by atoms with Crippen LogP contribution in [0.25, 0.3) is 0 Å². The van der Waals surface area contributed by atoms with Gasteiger partial charge < -0.3 is 4.90 Å². The Morgan fingerprint density at radius 2 is 1.55 bits per heavy atom. The Bertz CT molecular complexity index is 1020. The van der Waals surface area contributed by atoms with Crippen molar-refractivity contribution in [3.05, 3.63) is 72.9 Å². The first-order valence-corrected chi connectivity index (χ1v) is 10.8. The van der Waals surface area contributed by atoms with E-state index in [1.807, 2.05) is 36.7 Å². The summed E-state index contributed by atoms with van der Waals surface area (Å²) < 4.78 is 27.5. The number of piperazine rings is 1. The third-order valence-electron chi connectivity index (χ3n) is 4.86. The van der Waals surface area contributed by atoms with Crippen LogP contribution in [-0.4, -0.2) is 54.4 Å². The summed E-state index contributed by atoms with van der Waals surface area (Å²) in [5, 5.41) is 0. The smallest absolute Gasteiger partial charge is 0.263 e. The highest BCUT2D eigenvalue weighted by Gasteiger charge is 2.19. The lowest BCUT2D eigenvalue weighted by molar-refractivity contribution is 0.250. The first kappa shape index (κ1) is 19.3. The van der Waals surface area contributed by atoms with Crippen molar-refractivity contribution in [1.82, 2.24) is 19.9 Å². The van der Waals surface area contributed by atoms with Crippen LogP contribution >= 0.6 is 0 Å². The molecule has 3 heterocycles. The number of hydrogen-bond acceptors (Lipinski definition) is 7. The topological polar surface area (TPSA) is 91.3 Å². The van der Waals surface area contributed by atoms with E-state index in [0.29, 0.717) is 0 Å². The molecule has 2 aromatic heterocycles. The van der Waals surface area contributed by atoms with E-state index >= 15 is 0 Å². The fourth-order valence-corrected chi connectivity index (χ4v) is 4.30. The maximum atomic E-state index is 12.5. The minimum absolute atomic E-state index is 0.205. The molecule has 1 aliphatic heterocycles. The minimum atomic E-state index is -3.68. The molecule has 4 rings (SSSR count). The Balaban J connectivity index is 1.36. The number of nitrogens with one attached hydrogen (secondary N) is 1. The van der Waals surface area contributed by atoms with Crippen LogP contribution in [0.4, 0.5) is 11.5 Å². The monoisotopic (exact) mass is 410 g/mol. The van der Waals surface area contributed by atoms with Crippen molar-refractivity contribution in [2.24, 2.45) is 0 Å². The van der Waals surface area contributed by atoms with Crippen molar-refractivity contribution >= 4 is 21.5 Å². The zero-order chi connectivity index (χ0) is 20.1. The Hall–Kier alpha value is -3.04. The Morgan fingerprint density at radius 3 is 2.21 bits per heavy atom. The van der Waals surface area contributed by atoms with Crippen LogP contribution in [-0.2, 0) is 16.6 Å². The van der Waals surface area contributed by atoms with E-state index < -0.39 is 10.0 Å². The van der Waals surface area contributed by atoms with Gasteiger partial charge in [-0.15, -0.1) is 0 Å². The lowest BCUT2D eigenvalue weighted by Gasteiger charge is -2.36. The zero-order valence-electron chi connectivity index (χ0n) is 15.8. The SMILES string of the molecule is O=S(=O)(Nc1ccncn1)c1ccc(N2CCN(Cc3ccncc3)CC2)cc1. The van der Waals surface area contributed by atoms with Gasteiger partial charge in [-0.05, 0) is 48.0 Å². The van der Waals surface area contributed by atoms with Crippen molar-refractivity contribution in [2.75, 3.05) is 35.8 Å². The van der Waals surface area contributed by atoms with E-state index in [0.717, 1.165) is 38.4 Å². The van der Waals surface area contributed by atoms with Crippen LogP contribution in [0.3, 0.4) is 0 Å². The van der Waals surface area contributed by atoms with Gasteiger partial charge in [-0.1, -0.05) is 0 Å². The van der Waals surface area contributed by atoms with Gasteiger partial charge in [0.05, 0.1) is 4.90 Å². The van der Waals surface area contributed by atoms with Gasteiger partial charge in [0.25, 0.3) is 10.0 Å². The highest BCUT2D eigenvalue weighted by Crippen LogP contribution is 2.21. The van der Waals surface area contributed by atoms with E-state index in [1.165, 1.54) is 24.2 Å². The van der Waals surface area contributed by atoms with Gasteiger partial charge in [-0.3, -0.25) is 14.6 Å². The van der Waals surface area contributed by atoms with Crippen LogP contribution in [0.1, 0.15) is 5.56 Å². The lowest BCUT2D eigenvalue weighted by atomic mass is 10.2. The fourth-order valence-electron chi connectivity index (χ4n) is 3.29. The van der Waals surface area contributed by atoms with Gasteiger partial charge in [0.15, 0.2) is 0 Å². The largest absolute Gasteiger partial charge is 0.369 e. The summed E-state index contributed by atoms with van der Waals surface area (Å²) in [7, 11) is -3.68. The molecule has 0 aliphatic carbocycles. The number of benzene rings is 1. The van der Waals surface area contributed by atoms with E-state index in [-0.39, 0.29) is 10.7 Å². The van der Waals surface area contributed by atoms with Crippen LogP contribution in [0, 0.1) is 0 Å². The van der Waals surface area contributed by atoms with Crippen LogP contribution in [0.2, 0.25) is 0 Å². The third-order valence-corrected chi connectivity index (χ3v) is 6.23. The first-order valence-electron chi connectivity index (χ1n) is 9.35. The maximum absolute atomic E-state index is 12.5. The summed E-state index contributed by atoms with van der Waals surface area (Å²) in [5.41, 5.74) is 2.29. The fraction of sp³-hybridized carbons (Fsp3) is 0.250. The number of aromatic nitrogens is 3. The second kappa shape index (κ2) is 8.54. The second-order valence-electron chi connectivity index (χ2n) is 6.81. The van der Waals surface area contributed by atoms with Gasteiger partial charge in [-0.2, -0.15) is 0 Å². The molecule has 150 valence electrons. The molecule has 0 amide bonds. The molecule has 9 heteroatoms. The van der Waals surface area contributed by atoms with E-state index in [4.69, 9.17) is 0 Å². The molecular formula is C20H22N6O2S. The van der Waals surface area contributed by atoms with Crippen molar-refractivity contribution in [3.63, 3.8) is 0 Å². The lowest BCUT2D eigenvalue weighted by Crippen LogP contribution is -2.45. The van der Waals surface area contributed by atoms with Gasteiger partial charge in [-0.25, -0.2) is 18.4 Å². The number of hydrogen-bond donors (Lipinski definition) is 1. The van der Waals surface area contributed by atoms with Crippen molar-refractivity contribution < 1.29 is 8.42 Å². The molecule has 1 aliphatic rings. The number of anilines is 2. The van der Waals surface area contributed by atoms with Crippen LogP contribution in [0.5, 0.6) is 0 Å². The molecule has 0 bridgehead atoms. The van der Waals surface area contributed by atoms with Crippen molar-refractivity contribution in [3.8, 4) is 0 Å². The molecule has 0 unspecified atom stereocenters. The summed E-state index contributed by atoms with van der Waals surface area (Å²) in [6.45, 7) is 4.63. The number of sulfonamides is 1. The standard InChI is InChI=1S/C20H22N6O2S/c27-29(28,24-20-7-10-22-16-23-20)19-3-1-18(2-4-19)26-13-11-25(12-14-26)15-17-5-8-21-9-6-17/h1-10,16H,11-15H2,(H,22,23,24). The van der Waals surface area contributed by atoms with Gasteiger partial charge >= 0.3 is 0 Å². The predicted octanol–water partition coefficient (Wildman–Crippen LogP) is 1.99. The predicted molar refractivity (Wildman–Crippen MR) is 111 cm³/mol.